The fraction of sp³-hybridized carbons (Fsp3) is 0.200. The molecule has 2 rings (SSSR count). The van der Waals surface area contributed by atoms with E-state index in [0.717, 1.165) is 0 Å². The van der Waals surface area contributed by atoms with E-state index in [1.165, 1.54) is 0 Å². The zero-order chi connectivity index (χ0) is 11.5. The molecule has 0 unspecified atom stereocenters. The van der Waals surface area contributed by atoms with Crippen LogP contribution < -0.4 is 5.32 Å². The summed E-state index contributed by atoms with van der Waals surface area (Å²) < 4.78 is 5.42. The van der Waals surface area contributed by atoms with Crippen LogP contribution in [0.25, 0.3) is 11.5 Å². The highest BCUT2D eigenvalue weighted by molar-refractivity contribution is 6.38. The van der Waals surface area contributed by atoms with E-state index in [-0.39, 0.29) is 0 Å². The van der Waals surface area contributed by atoms with Crippen LogP contribution in [0.4, 0.5) is 0 Å². The van der Waals surface area contributed by atoms with Crippen molar-refractivity contribution >= 4 is 23.2 Å². The van der Waals surface area contributed by atoms with E-state index >= 15 is 0 Å². The Morgan fingerprint density at radius 1 is 1.25 bits per heavy atom. The molecule has 0 fully saturated rings. The standard InChI is InChI=1S/C10H9Cl2N3O/c1-13-5-8-14-15-10(16-8)9-6(11)3-2-4-7(9)12/h2-4,13H,5H2,1H3. The lowest BCUT2D eigenvalue weighted by atomic mass is 10.2. The second-order valence-corrected chi connectivity index (χ2v) is 3.94. The number of hydrogen-bond acceptors (Lipinski definition) is 4. The quantitative estimate of drug-likeness (QED) is 0.919. The predicted molar refractivity (Wildman–Crippen MR) is 62.5 cm³/mol. The summed E-state index contributed by atoms with van der Waals surface area (Å²) in [4.78, 5) is 0. The maximum atomic E-state index is 6.02. The Hall–Kier alpha value is -1.10. The van der Waals surface area contributed by atoms with Gasteiger partial charge in [0, 0.05) is 0 Å². The molecule has 16 heavy (non-hydrogen) atoms. The Bertz CT molecular complexity index is 478. The first-order valence-corrected chi connectivity index (χ1v) is 5.39. The summed E-state index contributed by atoms with van der Waals surface area (Å²) in [5.74, 6) is 0.828. The number of benzene rings is 1. The SMILES string of the molecule is CNCc1nnc(-c2c(Cl)cccc2Cl)o1. The van der Waals surface area contributed by atoms with Gasteiger partial charge in [-0.1, -0.05) is 29.3 Å². The van der Waals surface area contributed by atoms with Gasteiger partial charge in [0.1, 0.15) is 0 Å². The van der Waals surface area contributed by atoms with Gasteiger partial charge in [0.2, 0.25) is 5.89 Å². The summed E-state index contributed by atoms with van der Waals surface area (Å²) in [6, 6.07) is 5.22. The Labute approximate surface area is 103 Å². The molecule has 6 heteroatoms. The van der Waals surface area contributed by atoms with E-state index < -0.39 is 0 Å². The molecule has 4 nitrogen and oxygen atoms in total. The van der Waals surface area contributed by atoms with Crippen molar-refractivity contribution in [1.29, 1.82) is 0 Å². The molecule has 0 aliphatic carbocycles. The van der Waals surface area contributed by atoms with Gasteiger partial charge in [-0.05, 0) is 19.2 Å². The smallest absolute Gasteiger partial charge is 0.250 e. The first kappa shape index (κ1) is 11.4. The minimum absolute atomic E-state index is 0.334. The molecule has 1 heterocycles. The molecule has 1 aromatic heterocycles. The van der Waals surface area contributed by atoms with Crippen molar-refractivity contribution in [3.05, 3.63) is 34.1 Å². The zero-order valence-electron chi connectivity index (χ0n) is 8.50. The fourth-order valence-electron chi connectivity index (χ4n) is 1.28. The second-order valence-electron chi connectivity index (χ2n) is 3.13. The van der Waals surface area contributed by atoms with Crippen molar-refractivity contribution in [2.45, 2.75) is 6.54 Å². The third-order valence-electron chi connectivity index (χ3n) is 1.97. The average Bonchev–Trinajstić information content (AvgIpc) is 2.67. The van der Waals surface area contributed by atoms with Gasteiger partial charge in [-0.2, -0.15) is 0 Å². The molecule has 0 spiro atoms. The van der Waals surface area contributed by atoms with E-state index in [2.05, 4.69) is 15.5 Å². The van der Waals surface area contributed by atoms with Crippen LogP contribution in [0.5, 0.6) is 0 Å². The largest absolute Gasteiger partial charge is 0.419 e. The van der Waals surface area contributed by atoms with Gasteiger partial charge in [-0.25, -0.2) is 0 Å². The fourth-order valence-corrected chi connectivity index (χ4v) is 1.84. The number of rotatable bonds is 3. The van der Waals surface area contributed by atoms with Crippen molar-refractivity contribution in [2.75, 3.05) is 7.05 Å². The highest BCUT2D eigenvalue weighted by Gasteiger charge is 2.14. The minimum Gasteiger partial charge on any atom is -0.419 e. The Morgan fingerprint density at radius 3 is 2.56 bits per heavy atom. The first-order chi connectivity index (χ1) is 7.72. The summed E-state index contributed by atoms with van der Waals surface area (Å²) in [7, 11) is 1.80. The molecule has 0 saturated heterocycles. The average molecular weight is 258 g/mol. The Kier molecular flexibility index (Phi) is 3.43. The predicted octanol–water partition coefficient (Wildman–Crippen LogP) is 2.76. The van der Waals surface area contributed by atoms with Crippen LogP contribution in [0.15, 0.2) is 22.6 Å². The van der Waals surface area contributed by atoms with Crippen molar-refractivity contribution < 1.29 is 4.42 Å². The van der Waals surface area contributed by atoms with Crippen LogP contribution in [0, 0.1) is 0 Å². The van der Waals surface area contributed by atoms with Crippen LogP contribution in [0.2, 0.25) is 10.0 Å². The van der Waals surface area contributed by atoms with Crippen LogP contribution in [-0.4, -0.2) is 17.2 Å². The zero-order valence-corrected chi connectivity index (χ0v) is 10.0. The van der Waals surface area contributed by atoms with E-state index in [1.807, 2.05) is 0 Å². The third-order valence-corrected chi connectivity index (χ3v) is 2.60. The van der Waals surface area contributed by atoms with E-state index in [4.69, 9.17) is 27.6 Å². The summed E-state index contributed by atoms with van der Waals surface area (Å²) >= 11 is 12.0. The summed E-state index contributed by atoms with van der Waals surface area (Å²) in [6.45, 7) is 0.509. The monoisotopic (exact) mass is 257 g/mol. The number of nitrogens with one attached hydrogen (secondary N) is 1. The van der Waals surface area contributed by atoms with Gasteiger partial charge in [0.25, 0.3) is 5.89 Å². The second kappa shape index (κ2) is 4.82. The molecule has 2 aromatic rings. The molecule has 0 atom stereocenters. The van der Waals surface area contributed by atoms with E-state index in [9.17, 15) is 0 Å². The van der Waals surface area contributed by atoms with Gasteiger partial charge in [-0.15, -0.1) is 10.2 Å². The van der Waals surface area contributed by atoms with Crippen molar-refractivity contribution in [3.8, 4) is 11.5 Å². The molecule has 0 aliphatic heterocycles. The van der Waals surface area contributed by atoms with Crippen molar-refractivity contribution in [3.63, 3.8) is 0 Å². The Balaban J connectivity index is 2.42. The lowest BCUT2D eigenvalue weighted by Gasteiger charge is -2.00. The highest BCUT2D eigenvalue weighted by atomic mass is 35.5. The molecule has 0 saturated carbocycles. The first-order valence-electron chi connectivity index (χ1n) is 4.63. The lowest BCUT2D eigenvalue weighted by Crippen LogP contribution is -2.04. The molecular weight excluding hydrogens is 249 g/mol. The maximum Gasteiger partial charge on any atom is 0.250 e. The van der Waals surface area contributed by atoms with Gasteiger partial charge in [0.05, 0.1) is 22.2 Å². The van der Waals surface area contributed by atoms with Crippen LogP contribution in [-0.2, 0) is 6.54 Å². The molecule has 0 radical (unpaired) electrons. The summed E-state index contributed by atoms with van der Waals surface area (Å²) in [5, 5.41) is 11.7. The topological polar surface area (TPSA) is 51.0 Å². The lowest BCUT2D eigenvalue weighted by molar-refractivity contribution is 0.490. The van der Waals surface area contributed by atoms with Crippen molar-refractivity contribution in [1.82, 2.24) is 15.5 Å². The summed E-state index contributed by atoms with van der Waals surface area (Å²) in [5.41, 5.74) is 0.570. The normalized spacial score (nSPS) is 10.7. The maximum absolute atomic E-state index is 6.02. The number of halogens is 2. The van der Waals surface area contributed by atoms with E-state index in [0.29, 0.717) is 33.9 Å². The molecule has 1 N–H and O–H groups in total. The summed E-state index contributed by atoms with van der Waals surface area (Å²) in [6.07, 6.45) is 0. The molecule has 1 aromatic carbocycles. The molecule has 0 bridgehead atoms. The van der Waals surface area contributed by atoms with Gasteiger partial charge < -0.3 is 9.73 Å². The van der Waals surface area contributed by atoms with Crippen LogP contribution in [0.1, 0.15) is 5.89 Å². The van der Waals surface area contributed by atoms with E-state index in [1.54, 1.807) is 25.2 Å². The number of aromatic nitrogens is 2. The van der Waals surface area contributed by atoms with Gasteiger partial charge in [0.15, 0.2) is 0 Å². The van der Waals surface area contributed by atoms with Crippen LogP contribution in [0.3, 0.4) is 0 Å². The van der Waals surface area contributed by atoms with Gasteiger partial charge in [-0.3, -0.25) is 0 Å². The molecular formula is C10H9Cl2N3O. The molecule has 84 valence electrons. The number of nitrogens with zero attached hydrogens (tertiary/aromatic N) is 2. The molecule has 0 aliphatic rings. The Morgan fingerprint density at radius 2 is 1.94 bits per heavy atom. The van der Waals surface area contributed by atoms with Gasteiger partial charge >= 0.3 is 0 Å². The van der Waals surface area contributed by atoms with Crippen molar-refractivity contribution in [2.24, 2.45) is 0 Å². The molecule has 0 amide bonds. The minimum atomic E-state index is 0.334. The van der Waals surface area contributed by atoms with Crippen LogP contribution >= 0.6 is 23.2 Å². The highest BCUT2D eigenvalue weighted by Crippen LogP contribution is 2.33. The third kappa shape index (κ3) is 2.19. The number of hydrogen-bond donors (Lipinski definition) is 1.